The van der Waals surface area contributed by atoms with Gasteiger partial charge in [0.1, 0.15) is 5.54 Å². The maximum absolute atomic E-state index is 12.1. The van der Waals surface area contributed by atoms with E-state index in [0.29, 0.717) is 6.54 Å². The van der Waals surface area contributed by atoms with Crippen molar-refractivity contribution in [3.63, 3.8) is 0 Å². The van der Waals surface area contributed by atoms with Crippen LogP contribution in [-0.2, 0) is 4.79 Å². The predicted molar refractivity (Wildman–Crippen MR) is 89.7 cm³/mol. The number of nitrogens with zero attached hydrogens (tertiary/aromatic N) is 4. The molecule has 3 amide bonds. The zero-order valence-electron chi connectivity index (χ0n) is 13.6. The Labute approximate surface area is 140 Å². The number of hydrogen-bond donors (Lipinski definition) is 1. The Morgan fingerprint density at radius 3 is 2.52 bits per heavy atom. The van der Waals surface area contributed by atoms with E-state index in [0.717, 1.165) is 44.3 Å². The van der Waals surface area contributed by atoms with Gasteiger partial charge in [-0.2, -0.15) is 0 Å². The molecule has 0 atom stereocenters. The summed E-state index contributed by atoms with van der Waals surface area (Å²) in [7, 11) is 0. The number of hydrogen-bond acceptors (Lipinski definition) is 6. The average molecular weight is 337 g/mol. The molecule has 2 aliphatic heterocycles. The van der Waals surface area contributed by atoms with E-state index in [-0.39, 0.29) is 11.9 Å². The van der Waals surface area contributed by atoms with Gasteiger partial charge in [0.05, 0.1) is 0 Å². The second kappa shape index (κ2) is 6.45. The summed E-state index contributed by atoms with van der Waals surface area (Å²) in [4.78, 5) is 34.3. The SMILES string of the molecule is CC1(C)NC(=O)N(CCCN2CCN(c3nccs3)CC2)C1=O. The summed E-state index contributed by atoms with van der Waals surface area (Å²) in [6.45, 7) is 8.81. The summed E-state index contributed by atoms with van der Waals surface area (Å²) < 4.78 is 0. The van der Waals surface area contributed by atoms with Gasteiger partial charge in [-0.05, 0) is 26.8 Å². The number of aromatic nitrogens is 1. The number of carbonyl (C=O) groups excluding carboxylic acids is 2. The van der Waals surface area contributed by atoms with Crippen molar-refractivity contribution in [2.75, 3.05) is 44.2 Å². The van der Waals surface area contributed by atoms with Crippen molar-refractivity contribution in [3.05, 3.63) is 11.6 Å². The molecule has 126 valence electrons. The first-order chi connectivity index (χ1) is 11.0. The van der Waals surface area contributed by atoms with E-state index in [1.807, 2.05) is 11.6 Å². The van der Waals surface area contributed by atoms with Gasteiger partial charge in [-0.25, -0.2) is 9.78 Å². The summed E-state index contributed by atoms with van der Waals surface area (Å²) in [5.41, 5.74) is -0.767. The van der Waals surface area contributed by atoms with Crippen LogP contribution in [0.4, 0.5) is 9.93 Å². The molecule has 3 rings (SSSR count). The molecular formula is C15H23N5O2S. The summed E-state index contributed by atoms with van der Waals surface area (Å²) in [5.74, 6) is -0.129. The highest BCUT2D eigenvalue weighted by Gasteiger charge is 2.43. The number of urea groups is 1. The Bertz CT molecular complexity index is 566. The standard InChI is InChI=1S/C15H23N5O2S/c1-15(2)12(21)20(13(22)17-15)6-3-5-18-7-9-19(10-8-18)14-16-4-11-23-14/h4,11H,3,5-10H2,1-2H3,(H,17,22). The number of piperazine rings is 1. The molecule has 8 heteroatoms. The lowest BCUT2D eigenvalue weighted by molar-refractivity contribution is -0.130. The highest BCUT2D eigenvalue weighted by atomic mass is 32.1. The van der Waals surface area contributed by atoms with Crippen molar-refractivity contribution < 1.29 is 9.59 Å². The highest BCUT2D eigenvalue weighted by molar-refractivity contribution is 7.13. The van der Waals surface area contributed by atoms with Gasteiger partial charge in [-0.1, -0.05) is 0 Å². The van der Waals surface area contributed by atoms with Crippen LogP contribution in [0.2, 0.25) is 0 Å². The lowest BCUT2D eigenvalue weighted by Crippen LogP contribution is -2.47. The molecule has 0 radical (unpaired) electrons. The smallest absolute Gasteiger partial charge is 0.325 e. The Morgan fingerprint density at radius 2 is 1.96 bits per heavy atom. The Morgan fingerprint density at radius 1 is 1.22 bits per heavy atom. The number of amides is 3. The largest absolute Gasteiger partial charge is 0.346 e. The summed E-state index contributed by atoms with van der Waals surface area (Å²) in [6, 6.07) is -0.270. The molecule has 0 saturated carbocycles. The molecule has 2 saturated heterocycles. The average Bonchev–Trinajstić information content (AvgIpc) is 3.11. The molecule has 1 aromatic rings. The van der Waals surface area contributed by atoms with Crippen LogP contribution in [0.5, 0.6) is 0 Å². The second-order valence-corrected chi connectivity index (χ2v) is 7.38. The molecule has 2 fully saturated rings. The van der Waals surface area contributed by atoms with Crippen molar-refractivity contribution in [2.45, 2.75) is 25.8 Å². The van der Waals surface area contributed by atoms with Crippen LogP contribution in [0.25, 0.3) is 0 Å². The Kier molecular flexibility index (Phi) is 4.54. The summed E-state index contributed by atoms with van der Waals surface area (Å²) in [5, 5.41) is 5.80. The van der Waals surface area contributed by atoms with Crippen LogP contribution in [0.1, 0.15) is 20.3 Å². The van der Waals surface area contributed by atoms with Gasteiger partial charge in [0.2, 0.25) is 0 Å². The fourth-order valence-corrected chi connectivity index (χ4v) is 3.71. The maximum Gasteiger partial charge on any atom is 0.325 e. The van der Waals surface area contributed by atoms with Crippen molar-refractivity contribution in [3.8, 4) is 0 Å². The molecule has 0 spiro atoms. The number of nitrogens with one attached hydrogen (secondary N) is 1. The van der Waals surface area contributed by atoms with Gasteiger partial charge in [0, 0.05) is 44.3 Å². The second-order valence-electron chi connectivity index (χ2n) is 6.51. The highest BCUT2D eigenvalue weighted by Crippen LogP contribution is 2.19. The van der Waals surface area contributed by atoms with Gasteiger partial charge >= 0.3 is 6.03 Å². The number of anilines is 1. The van der Waals surface area contributed by atoms with E-state index in [1.54, 1.807) is 25.2 Å². The van der Waals surface area contributed by atoms with Crippen LogP contribution < -0.4 is 10.2 Å². The van der Waals surface area contributed by atoms with Crippen molar-refractivity contribution in [2.24, 2.45) is 0 Å². The third-order valence-electron chi connectivity index (χ3n) is 4.36. The third kappa shape index (κ3) is 3.48. The molecule has 7 nitrogen and oxygen atoms in total. The Hall–Kier alpha value is -1.67. The van der Waals surface area contributed by atoms with Crippen LogP contribution in [0.3, 0.4) is 0 Å². The van der Waals surface area contributed by atoms with E-state index in [1.165, 1.54) is 4.90 Å². The summed E-state index contributed by atoms with van der Waals surface area (Å²) in [6.07, 6.45) is 2.65. The molecule has 3 heterocycles. The molecule has 0 bridgehead atoms. The van der Waals surface area contributed by atoms with E-state index >= 15 is 0 Å². The van der Waals surface area contributed by atoms with Gasteiger partial charge in [-0.3, -0.25) is 14.6 Å². The zero-order valence-corrected chi connectivity index (χ0v) is 14.4. The first kappa shape index (κ1) is 16.2. The Balaban J connectivity index is 1.41. The van der Waals surface area contributed by atoms with Crippen molar-refractivity contribution in [1.82, 2.24) is 20.1 Å². The zero-order chi connectivity index (χ0) is 16.4. The van der Waals surface area contributed by atoms with Gasteiger partial charge in [0.15, 0.2) is 5.13 Å². The number of imide groups is 1. The van der Waals surface area contributed by atoms with Crippen LogP contribution in [0, 0.1) is 0 Å². The van der Waals surface area contributed by atoms with Crippen molar-refractivity contribution >= 4 is 28.4 Å². The first-order valence-electron chi connectivity index (χ1n) is 7.98. The lowest BCUT2D eigenvalue weighted by atomic mass is 10.1. The lowest BCUT2D eigenvalue weighted by Gasteiger charge is -2.34. The predicted octanol–water partition coefficient (Wildman–Crippen LogP) is 0.986. The van der Waals surface area contributed by atoms with Crippen molar-refractivity contribution in [1.29, 1.82) is 0 Å². The minimum absolute atomic E-state index is 0.129. The minimum atomic E-state index is -0.767. The molecule has 1 N–H and O–H groups in total. The topological polar surface area (TPSA) is 68.8 Å². The normalized spacial score (nSPS) is 21.8. The summed E-state index contributed by atoms with van der Waals surface area (Å²) >= 11 is 1.67. The van der Waals surface area contributed by atoms with Gasteiger partial charge < -0.3 is 10.2 Å². The fraction of sp³-hybridized carbons (Fsp3) is 0.667. The molecule has 0 aromatic carbocycles. The minimum Gasteiger partial charge on any atom is -0.346 e. The van der Waals surface area contributed by atoms with Crippen LogP contribution in [-0.4, -0.2) is 71.5 Å². The number of thiazole rings is 1. The monoisotopic (exact) mass is 337 g/mol. The molecular weight excluding hydrogens is 314 g/mol. The van der Waals surface area contributed by atoms with Crippen LogP contribution in [0.15, 0.2) is 11.6 Å². The molecule has 0 aliphatic carbocycles. The van der Waals surface area contributed by atoms with E-state index < -0.39 is 5.54 Å². The number of rotatable bonds is 5. The fourth-order valence-electron chi connectivity index (χ4n) is 3.01. The van der Waals surface area contributed by atoms with E-state index in [4.69, 9.17) is 0 Å². The molecule has 1 aromatic heterocycles. The van der Waals surface area contributed by atoms with E-state index in [2.05, 4.69) is 20.1 Å². The number of carbonyl (C=O) groups is 2. The maximum atomic E-state index is 12.1. The van der Waals surface area contributed by atoms with E-state index in [9.17, 15) is 9.59 Å². The quantitative estimate of drug-likeness (QED) is 0.812. The third-order valence-corrected chi connectivity index (χ3v) is 5.19. The molecule has 23 heavy (non-hydrogen) atoms. The molecule has 0 unspecified atom stereocenters. The molecule has 2 aliphatic rings. The van der Waals surface area contributed by atoms with Crippen LogP contribution >= 0.6 is 11.3 Å². The van der Waals surface area contributed by atoms with Gasteiger partial charge in [-0.15, -0.1) is 11.3 Å². The first-order valence-corrected chi connectivity index (χ1v) is 8.86. The van der Waals surface area contributed by atoms with Gasteiger partial charge in [0.25, 0.3) is 5.91 Å².